The number of ether oxygens (including phenoxy) is 1. The summed E-state index contributed by atoms with van der Waals surface area (Å²) in [5.41, 5.74) is 0.472. The molecule has 0 saturated carbocycles. The minimum absolute atomic E-state index is 0.139. The van der Waals surface area contributed by atoms with E-state index in [-0.39, 0.29) is 5.78 Å². The summed E-state index contributed by atoms with van der Waals surface area (Å²) in [5.74, 6) is 0.139. The molecule has 0 aliphatic rings. The fraction of sp³-hybridized carbons (Fsp3) is 0.462. The molecule has 0 heterocycles. The molecule has 1 aromatic rings. The highest BCUT2D eigenvalue weighted by Crippen LogP contribution is 2.19. The Bertz CT molecular complexity index is 372. The SMILES string of the molecule is COC(C)(C)CC(=O)Cc1ccccc1Cl. The van der Waals surface area contributed by atoms with Gasteiger partial charge in [0, 0.05) is 25.0 Å². The smallest absolute Gasteiger partial charge is 0.140 e. The van der Waals surface area contributed by atoms with Gasteiger partial charge in [0.2, 0.25) is 0 Å². The Hall–Kier alpha value is -0.860. The molecule has 1 rings (SSSR count). The number of hydrogen-bond donors (Lipinski definition) is 0. The second kappa shape index (κ2) is 5.46. The highest BCUT2D eigenvalue weighted by atomic mass is 35.5. The van der Waals surface area contributed by atoms with Crippen LogP contribution in [0.1, 0.15) is 25.8 Å². The van der Waals surface area contributed by atoms with Crippen molar-refractivity contribution in [3.05, 3.63) is 34.9 Å². The van der Waals surface area contributed by atoms with Crippen LogP contribution in [0.5, 0.6) is 0 Å². The van der Waals surface area contributed by atoms with Crippen LogP contribution in [-0.4, -0.2) is 18.5 Å². The van der Waals surface area contributed by atoms with Gasteiger partial charge in [0.05, 0.1) is 5.60 Å². The molecule has 16 heavy (non-hydrogen) atoms. The Morgan fingerprint density at radius 3 is 2.56 bits per heavy atom. The quantitative estimate of drug-likeness (QED) is 0.790. The molecule has 0 saturated heterocycles. The molecule has 0 N–H and O–H groups in total. The average Bonchev–Trinajstić information content (AvgIpc) is 2.21. The second-order valence-corrected chi connectivity index (χ2v) is 4.85. The van der Waals surface area contributed by atoms with E-state index in [1.54, 1.807) is 13.2 Å². The van der Waals surface area contributed by atoms with Gasteiger partial charge in [0.25, 0.3) is 0 Å². The minimum Gasteiger partial charge on any atom is -0.378 e. The number of hydrogen-bond acceptors (Lipinski definition) is 2. The van der Waals surface area contributed by atoms with Crippen LogP contribution in [0.3, 0.4) is 0 Å². The van der Waals surface area contributed by atoms with Crippen LogP contribution in [0.2, 0.25) is 5.02 Å². The Labute approximate surface area is 102 Å². The predicted molar refractivity (Wildman–Crippen MR) is 65.9 cm³/mol. The lowest BCUT2D eigenvalue weighted by atomic mass is 9.97. The van der Waals surface area contributed by atoms with Gasteiger partial charge < -0.3 is 4.74 Å². The van der Waals surface area contributed by atoms with Crippen LogP contribution in [0.25, 0.3) is 0 Å². The Balaban J connectivity index is 2.62. The highest BCUT2D eigenvalue weighted by Gasteiger charge is 2.21. The van der Waals surface area contributed by atoms with Crippen LogP contribution in [-0.2, 0) is 16.0 Å². The zero-order valence-electron chi connectivity index (χ0n) is 9.92. The van der Waals surface area contributed by atoms with Crippen molar-refractivity contribution in [2.45, 2.75) is 32.3 Å². The van der Waals surface area contributed by atoms with Crippen LogP contribution in [0.4, 0.5) is 0 Å². The third-order valence-electron chi connectivity index (χ3n) is 2.52. The molecule has 0 spiro atoms. The van der Waals surface area contributed by atoms with Crippen molar-refractivity contribution in [1.29, 1.82) is 0 Å². The molecule has 0 fully saturated rings. The van der Waals surface area contributed by atoms with E-state index in [0.717, 1.165) is 5.56 Å². The third kappa shape index (κ3) is 3.95. The predicted octanol–water partition coefficient (Wildman–Crippen LogP) is 3.27. The lowest BCUT2D eigenvalue weighted by Gasteiger charge is -2.21. The summed E-state index contributed by atoms with van der Waals surface area (Å²) < 4.78 is 5.22. The van der Waals surface area contributed by atoms with E-state index in [1.165, 1.54) is 0 Å². The third-order valence-corrected chi connectivity index (χ3v) is 2.89. The summed E-state index contributed by atoms with van der Waals surface area (Å²) >= 11 is 5.99. The number of carbonyl (C=O) groups is 1. The molecule has 0 unspecified atom stereocenters. The average molecular weight is 241 g/mol. The fourth-order valence-electron chi connectivity index (χ4n) is 1.46. The van der Waals surface area contributed by atoms with Gasteiger partial charge in [-0.1, -0.05) is 29.8 Å². The van der Waals surface area contributed by atoms with Gasteiger partial charge in [-0.15, -0.1) is 0 Å². The largest absolute Gasteiger partial charge is 0.378 e. The van der Waals surface area contributed by atoms with Gasteiger partial charge >= 0.3 is 0 Å². The topological polar surface area (TPSA) is 26.3 Å². The summed E-state index contributed by atoms with van der Waals surface area (Å²) in [6, 6.07) is 7.41. The minimum atomic E-state index is -0.404. The molecule has 0 aromatic heterocycles. The van der Waals surface area contributed by atoms with Crippen LogP contribution < -0.4 is 0 Å². The van der Waals surface area contributed by atoms with Gasteiger partial charge in [0.1, 0.15) is 5.78 Å². The van der Waals surface area contributed by atoms with Crippen LogP contribution in [0.15, 0.2) is 24.3 Å². The standard InChI is InChI=1S/C13H17ClO2/c1-13(2,16-3)9-11(15)8-10-6-4-5-7-12(10)14/h4-7H,8-9H2,1-3H3. The first-order chi connectivity index (χ1) is 7.44. The maximum Gasteiger partial charge on any atom is 0.140 e. The zero-order valence-corrected chi connectivity index (χ0v) is 10.7. The molecule has 0 aliphatic carbocycles. The number of methoxy groups -OCH3 is 1. The molecule has 0 amide bonds. The van der Waals surface area contributed by atoms with Crippen molar-refractivity contribution in [1.82, 2.24) is 0 Å². The Morgan fingerprint density at radius 1 is 1.38 bits per heavy atom. The lowest BCUT2D eigenvalue weighted by molar-refractivity contribution is -0.123. The van der Waals surface area contributed by atoms with E-state index in [9.17, 15) is 4.79 Å². The summed E-state index contributed by atoms with van der Waals surface area (Å²) in [5, 5.41) is 0.645. The first kappa shape index (κ1) is 13.2. The van der Waals surface area contributed by atoms with Gasteiger partial charge in [-0.05, 0) is 25.5 Å². The summed E-state index contributed by atoms with van der Waals surface area (Å²) in [7, 11) is 1.61. The Kier molecular flexibility index (Phi) is 4.51. The molecular weight excluding hydrogens is 224 g/mol. The van der Waals surface area contributed by atoms with E-state index in [4.69, 9.17) is 16.3 Å². The maximum atomic E-state index is 11.8. The molecule has 0 atom stereocenters. The van der Waals surface area contributed by atoms with E-state index in [1.807, 2.05) is 32.0 Å². The van der Waals surface area contributed by atoms with Crippen LogP contribution >= 0.6 is 11.6 Å². The molecular formula is C13H17ClO2. The number of Topliss-reactive ketones (excluding diaryl/α,β-unsaturated/α-hetero) is 1. The number of carbonyl (C=O) groups excluding carboxylic acids is 1. The molecule has 0 radical (unpaired) electrons. The summed E-state index contributed by atoms with van der Waals surface area (Å²) in [6.07, 6.45) is 0.765. The molecule has 2 nitrogen and oxygen atoms in total. The molecule has 0 bridgehead atoms. The van der Waals surface area contributed by atoms with Crippen molar-refractivity contribution < 1.29 is 9.53 Å². The van der Waals surface area contributed by atoms with Crippen molar-refractivity contribution in [2.24, 2.45) is 0 Å². The molecule has 3 heteroatoms. The van der Waals surface area contributed by atoms with Gasteiger partial charge in [-0.3, -0.25) is 4.79 Å². The molecule has 0 aliphatic heterocycles. The first-order valence-corrected chi connectivity index (χ1v) is 5.63. The fourth-order valence-corrected chi connectivity index (χ4v) is 1.67. The van der Waals surface area contributed by atoms with E-state index >= 15 is 0 Å². The van der Waals surface area contributed by atoms with Crippen molar-refractivity contribution in [3.63, 3.8) is 0 Å². The first-order valence-electron chi connectivity index (χ1n) is 5.25. The number of ketones is 1. The number of benzene rings is 1. The zero-order chi connectivity index (χ0) is 12.2. The normalized spacial score (nSPS) is 11.5. The van der Waals surface area contributed by atoms with Crippen LogP contribution in [0, 0.1) is 0 Å². The second-order valence-electron chi connectivity index (χ2n) is 4.45. The highest BCUT2D eigenvalue weighted by molar-refractivity contribution is 6.31. The molecule has 88 valence electrons. The van der Waals surface area contributed by atoms with Crippen molar-refractivity contribution >= 4 is 17.4 Å². The Morgan fingerprint density at radius 2 is 2.00 bits per heavy atom. The number of halogens is 1. The maximum absolute atomic E-state index is 11.8. The van der Waals surface area contributed by atoms with Gasteiger partial charge in [-0.25, -0.2) is 0 Å². The molecule has 1 aromatic carbocycles. The number of rotatable bonds is 5. The van der Waals surface area contributed by atoms with Gasteiger partial charge in [0.15, 0.2) is 0 Å². The summed E-state index contributed by atoms with van der Waals surface area (Å²) in [4.78, 5) is 11.8. The van der Waals surface area contributed by atoms with E-state index in [0.29, 0.717) is 17.9 Å². The van der Waals surface area contributed by atoms with E-state index < -0.39 is 5.60 Å². The lowest BCUT2D eigenvalue weighted by Crippen LogP contribution is -2.27. The van der Waals surface area contributed by atoms with E-state index in [2.05, 4.69) is 0 Å². The summed E-state index contributed by atoms with van der Waals surface area (Å²) in [6.45, 7) is 3.80. The van der Waals surface area contributed by atoms with Crippen molar-refractivity contribution in [3.8, 4) is 0 Å². The van der Waals surface area contributed by atoms with Gasteiger partial charge in [-0.2, -0.15) is 0 Å². The van der Waals surface area contributed by atoms with Crippen molar-refractivity contribution in [2.75, 3.05) is 7.11 Å². The monoisotopic (exact) mass is 240 g/mol.